The van der Waals surface area contributed by atoms with Crippen LogP contribution in [0.15, 0.2) is 24.3 Å². The van der Waals surface area contributed by atoms with E-state index in [1.165, 1.54) is 11.1 Å². The Hall–Kier alpha value is -1.50. The molecule has 0 saturated carbocycles. The van der Waals surface area contributed by atoms with Gasteiger partial charge in [-0.05, 0) is 0 Å². The molecule has 1 N–H and O–H groups in total. The zero-order valence-electron chi connectivity index (χ0n) is 24.1. The van der Waals surface area contributed by atoms with Gasteiger partial charge in [0.15, 0.2) is 0 Å². The van der Waals surface area contributed by atoms with Crippen LogP contribution in [-0.2, 0) is 0 Å². The van der Waals surface area contributed by atoms with Gasteiger partial charge in [0.05, 0.1) is 0 Å². The second kappa shape index (κ2) is 12.2. The van der Waals surface area contributed by atoms with E-state index in [4.69, 9.17) is 0 Å². The molecule has 0 aliphatic carbocycles. The van der Waals surface area contributed by atoms with Crippen LogP contribution < -0.4 is 0 Å². The molecule has 2 aromatic rings. The summed E-state index contributed by atoms with van der Waals surface area (Å²) >= 11 is -1.06. The van der Waals surface area contributed by atoms with Gasteiger partial charge in [0, 0.05) is 0 Å². The van der Waals surface area contributed by atoms with E-state index in [1.54, 1.807) is 0 Å². The number of aliphatic hydroxyl groups excluding tert-OH is 1. The molecule has 3 heteroatoms. The predicted octanol–water partition coefficient (Wildman–Crippen LogP) is 8.82. The van der Waals surface area contributed by atoms with Crippen molar-refractivity contribution >= 4 is 24.4 Å². The fourth-order valence-corrected chi connectivity index (χ4v) is 6.58. The normalized spacial score (nSPS) is 12.8. The van der Waals surface area contributed by atoms with Crippen LogP contribution in [0.3, 0.4) is 0 Å². The first kappa shape index (κ1) is 29.7. The number of carbonyl (C=O) groups is 1. The van der Waals surface area contributed by atoms with Crippen molar-refractivity contribution < 1.29 is 9.90 Å². The van der Waals surface area contributed by atoms with Crippen molar-refractivity contribution in [2.24, 2.45) is 0 Å². The first-order valence-electron chi connectivity index (χ1n) is 13.3. The van der Waals surface area contributed by atoms with E-state index in [1.807, 2.05) is 0 Å². The van der Waals surface area contributed by atoms with Gasteiger partial charge >= 0.3 is 222 Å². The molecular formula is C32H47AsO2. The molecule has 0 unspecified atom stereocenters. The second-order valence-corrected chi connectivity index (χ2v) is 14.0. The van der Waals surface area contributed by atoms with Crippen LogP contribution in [0.2, 0.25) is 0 Å². The van der Waals surface area contributed by atoms with Crippen LogP contribution >= 0.6 is 0 Å². The Balaban J connectivity index is 2.81. The van der Waals surface area contributed by atoms with Crippen molar-refractivity contribution in [1.29, 1.82) is 0 Å². The molecule has 35 heavy (non-hydrogen) atoms. The maximum absolute atomic E-state index is 14.0. The van der Waals surface area contributed by atoms with Crippen LogP contribution in [0.5, 0.6) is 0 Å². The molecule has 0 aliphatic heterocycles. The molecular weight excluding hydrogens is 491 g/mol. The molecule has 2 rings (SSSR count). The van der Waals surface area contributed by atoms with Gasteiger partial charge in [0.1, 0.15) is 0 Å². The van der Waals surface area contributed by atoms with Crippen molar-refractivity contribution in [1.82, 2.24) is 0 Å². The number of carbonyl (C=O) groups excluding carboxylic acids is 1. The average molecular weight is 539 g/mol. The maximum atomic E-state index is 14.0. The summed E-state index contributed by atoms with van der Waals surface area (Å²) in [5.41, 5.74) is 8.91. The van der Waals surface area contributed by atoms with Crippen molar-refractivity contribution in [2.45, 2.75) is 119 Å². The standard InChI is InChI=1S/C32H47AsO2/c1-17(2)23-13-25(19(5)6)29(26(14-23)20(7)8)31(34)33-32(35)30-27(21(9)10)15-24(18(3)4)16-28(30)22(11)12/h13-22,34H,1-12H3. The molecule has 0 fully saturated rings. The summed E-state index contributed by atoms with van der Waals surface area (Å²) in [6.07, 6.45) is 0. The molecule has 192 valence electrons. The molecule has 0 radical (unpaired) electrons. The Bertz CT molecular complexity index is 1030. The van der Waals surface area contributed by atoms with Gasteiger partial charge in [-0.15, -0.1) is 0 Å². The van der Waals surface area contributed by atoms with E-state index in [0.29, 0.717) is 16.3 Å². The van der Waals surface area contributed by atoms with Crippen molar-refractivity contribution in [3.8, 4) is 0 Å². The van der Waals surface area contributed by atoms with E-state index >= 15 is 0 Å². The summed E-state index contributed by atoms with van der Waals surface area (Å²) in [5, 5.41) is 11.6. The van der Waals surface area contributed by atoms with Gasteiger partial charge in [-0.2, -0.15) is 0 Å². The molecule has 0 atom stereocenters. The summed E-state index contributed by atoms with van der Waals surface area (Å²) in [4.78, 5) is 14.0. The third kappa shape index (κ3) is 6.84. The Labute approximate surface area is 221 Å². The zero-order valence-corrected chi connectivity index (χ0v) is 26.0. The van der Waals surface area contributed by atoms with Crippen molar-refractivity contribution in [3.05, 3.63) is 68.8 Å². The van der Waals surface area contributed by atoms with Crippen LogP contribution in [0, 0.1) is 0 Å². The number of hydrogen-bond acceptors (Lipinski definition) is 2. The average Bonchev–Trinajstić information content (AvgIpc) is 2.76. The van der Waals surface area contributed by atoms with Crippen molar-refractivity contribution in [3.63, 3.8) is 0 Å². The second-order valence-electron chi connectivity index (χ2n) is 11.8. The predicted molar refractivity (Wildman–Crippen MR) is 154 cm³/mol. The number of benzene rings is 2. The van der Waals surface area contributed by atoms with Crippen LogP contribution in [-0.4, -0.2) is 29.5 Å². The molecule has 0 aliphatic rings. The molecule has 0 spiro atoms. The molecule has 0 bridgehead atoms. The summed E-state index contributed by atoms with van der Waals surface area (Å²) in [6.45, 7) is 26.2. The Morgan fingerprint density at radius 3 is 1.09 bits per heavy atom. The van der Waals surface area contributed by atoms with E-state index in [-0.39, 0.29) is 28.2 Å². The fourth-order valence-electron chi connectivity index (χ4n) is 4.62. The van der Waals surface area contributed by atoms with Gasteiger partial charge in [-0.25, -0.2) is 0 Å². The molecule has 2 nitrogen and oxygen atoms in total. The van der Waals surface area contributed by atoms with Gasteiger partial charge in [0.25, 0.3) is 0 Å². The Morgan fingerprint density at radius 1 is 0.543 bits per heavy atom. The Kier molecular flexibility index (Phi) is 10.3. The SMILES string of the molecule is CC(C)c1cc(C(C)C)c(C(=O)[As]=C(O)c2c(C(C)C)cc(C(C)C)cc2C(C)C)c(C(C)C)c1. The van der Waals surface area contributed by atoms with E-state index in [2.05, 4.69) is 107 Å². The van der Waals surface area contributed by atoms with E-state index < -0.39 is 15.3 Å². The molecule has 0 amide bonds. The Morgan fingerprint density at radius 2 is 0.829 bits per heavy atom. The van der Waals surface area contributed by atoms with Crippen LogP contribution in [0.1, 0.15) is 168 Å². The van der Waals surface area contributed by atoms with E-state index in [9.17, 15) is 9.90 Å². The number of hydrogen-bond donors (Lipinski definition) is 1. The van der Waals surface area contributed by atoms with Crippen LogP contribution in [0.25, 0.3) is 0 Å². The van der Waals surface area contributed by atoms with Crippen LogP contribution in [0.4, 0.5) is 0 Å². The van der Waals surface area contributed by atoms with E-state index in [0.717, 1.165) is 33.4 Å². The van der Waals surface area contributed by atoms with Gasteiger partial charge in [-0.1, -0.05) is 0 Å². The summed E-state index contributed by atoms with van der Waals surface area (Å²) in [6, 6.07) is 8.94. The minimum absolute atomic E-state index is 0.110. The minimum atomic E-state index is -1.06. The molecule has 0 heterocycles. The summed E-state index contributed by atoms with van der Waals surface area (Å²) in [7, 11) is 0. The van der Waals surface area contributed by atoms with Gasteiger partial charge < -0.3 is 0 Å². The molecule has 2 aromatic carbocycles. The van der Waals surface area contributed by atoms with Gasteiger partial charge in [0.2, 0.25) is 0 Å². The third-order valence-electron chi connectivity index (χ3n) is 6.91. The first-order chi connectivity index (χ1) is 16.2. The third-order valence-corrected chi connectivity index (χ3v) is 8.72. The fraction of sp³-hybridized carbons (Fsp3) is 0.562. The topological polar surface area (TPSA) is 37.3 Å². The number of rotatable bonds is 9. The molecule has 0 aromatic heterocycles. The van der Waals surface area contributed by atoms with Crippen molar-refractivity contribution in [2.75, 3.05) is 0 Å². The quantitative estimate of drug-likeness (QED) is 0.324. The van der Waals surface area contributed by atoms with Gasteiger partial charge in [-0.3, -0.25) is 0 Å². The zero-order chi connectivity index (χ0) is 26.8. The molecule has 0 saturated heterocycles. The number of aliphatic hydroxyl groups is 1. The monoisotopic (exact) mass is 538 g/mol. The summed E-state index contributed by atoms with van der Waals surface area (Å²) < 4.78 is 0.408. The summed E-state index contributed by atoms with van der Waals surface area (Å²) in [5.74, 6) is 1.85. The first-order valence-corrected chi connectivity index (χ1v) is 15.2.